The van der Waals surface area contributed by atoms with E-state index in [0.29, 0.717) is 61.4 Å². The lowest BCUT2D eigenvalue weighted by atomic mass is 9.94. The van der Waals surface area contributed by atoms with Crippen LogP contribution >= 0.6 is 34.8 Å². The number of fused-ring (bicyclic) bond motifs is 3. The van der Waals surface area contributed by atoms with Crippen molar-refractivity contribution in [2.24, 2.45) is 16.2 Å². The van der Waals surface area contributed by atoms with Crippen LogP contribution in [0.25, 0.3) is 39.2 Å². The molecule has 0 fully saturated rings. The summed E-state index contributed by atoms with van der Waals surface area (Å²) in [5.41, 5.74) is 0.232. The normalized spacial score (nSPS) is 11.4. The zero-order valence-electron chi connectivity index (χ0n) is 59.0. The second-order valence-corrected chi connectivity index (χ2v) is 28.6. The summed E-state index contributed by atoms with van der Waals surface area (Å²) < 4.78 is 3.55. The molecular formula is C75H85Cl3N12O13. The van der Waals surface area contributed by atoms with Crippen LogP contribution in [0.1, 0.15) is 101 Å². The molecule has 9 aromatic rings. The average Bonchev–Trinajstić information content (AvgIpc) is 0.786. The number of pyridine rings is 6. The van der Waals surface area contributed by atoms with Gasteiger partial charge in [-0.15, -0.1) is 0 Å². The standard InChI is InChI=1S/C26H29ClN4O4.C25H29ClN4O4.C24H27ClN4O5/c1-5-20-11-8-18-12-21(24(34)28-13-17-6-9-19(27)10-7-17)25(35)31(23(18)29-20)14-22(33)30(4)15-26(2,3)16-32;1-16-5-8-18-11-20(23(33)27-12-17-6-9-19(26)10-7-17)24(34)30(22(18)28-16)13-21(32)29(4)14-25(2,3)15-31;1-24(2,14-30)13-28(3)20(32)12-29-21-16(6-9-19(31)27-21)10-18(23(29)34)22(33)26-11-15-4-7-17(25)8-5-15/h5-12,32H,1,13-16H2,2-4H3,(H,28,34);5-11,31H,12-15H2,1-4H3,(H,27,33);4-10,30H,11-14H2,1-3H3,(H,26,33)(H,27,31). The lowest BCUT2D eigenvalue weighted by molar-refractivity contribution is -0.132. The Labute approximate surface area is 609 Å². The van der Waals surface area contributed by atoms with E-state index in [9.17, 15) is 63.3 Å². The van der Waals surface area contributed by atoms with Crippen molar-refractivity contribution in [3.63, 3.8) is 0 Å². The summed E-state index contributed by atoms with van der Waals surface area (Å²) in [4.78, 5) is 145. The Morgan fingerprint density at radius 2 is 0.796 bits per heavy atom. The van der Waals surface area contributed by atoms with Gasteiger partial charge in [-0.1, -0.05) is 119 Å². The second-order valence-electron chi connectivity index (χ2n) is 27.3. The van der Waals surface area contributed by atoms with Gasteiger partial charge in [0.15, 0.2) is 0 Å². The van der Waals surface area contributed by atoms with Crippen LogP contribution in [-0.4, -0.2) is 155 Å². The molecule has 28 heteroatoms. The van der Waals surface area contributed by atoms with Crippen LogP contribution in [-0.2, 0) is 53.7 Å². The summed E-state index contributed by atoms with van der Waals surface area (Å²) in [7, 11) is 4.80. The van der Waals surface area contributed by atoms with Crippen molar-refractivity contribution < 1.29 is 44.1 Å². The van der Waals surface area contributed by atoms with E-state index in [1.165, 1.54) is 54.2 Å². The summed E-state index contributed by atoms with van der Waals surface area (Å²) in [6.45, 7) is 16.7. The number of H-pyrrole nitrogens is 1. The van der Waals surface area contributed by atoms with Crippen molar-refractivity contribution in [3.05, 3.63) is 235 Å². The number of aryl methyl sites for hydroxylation is 1. The smallest absolute Gasteiger partial charge is 0.265 e. The minimum absolute atomic E-state index is 0.0711. The number of carbonyl (C=O) groups excluding carboxylic acids is 6. The average molecular weight is 1470 g/mol. The molecule has 0 radical (unpaired) electrons. The van der Waals surface area contributed by atoms with Crippen molar-refractivity contribution in [1.29, 1.82) is 0 Å². The Morgan fingerprint density at radius 1 is 0.476 bits per heavy atom. The molecule has 0 spiro atoms. The number of aliphatic hydroxyl groups excluding tert-OH is 3. The summed E-state index contributed by atoms with van der Waals surface area (Å²) >= 11 is 17.7. The molecule has 6 amide bonds. The number of aromatic amines is 1. The first kappa shape index (κ1) is 80.2. The van der Waals surface area contributed by atoms with Gasteiger partial charge in [-0.25, -0.2) is 9.97 Å². The number of hydrogen-bond acceptors (Lipinski definition) is 15. The van der Waals surface area contributed by atoms with E-state index in [2.05, 4.69) is 37.5 Å². The molecule has 7 N–H and O–H groups in total. The maximum Gasteiger partial charge on any atom is 0.265 e. The van der Waals surface area contributed by atoms with E-state index < -0.39 is 62.1 Å². The Bertz CT molecular complexity index is 4880. The number of nitrogens with one attached hydrogen (secondary N) is 4. The fourth-order valence-corrected chi connectivity index (χ4v) is 11.1. The zero-order chi connectivity index (χ0) is 75.8. The lowest BCUT2D eigenvalue weighted by Gasteiger charge is -2.28. The van der Waals surface area contributed by atoms with Crippen molar-refractivity contribution >= 4 is 109 Å². The summed E-state index contributed by atoms with van der Waals surface area (Å²) in [6, 6.07) is 35.1. The molecule has 9 rings (SSSR count). The van der Waals surface area contributed by atoms with Crippen LogP contribution in [0.3, 0.4) is 0 Å². The lowest BCUT2D eigenvalue weighted by Crippen LogP contribution is -2.42. The Morgan fingerprint density at radius 3 is 1.16 bits per heavy atom. The highest BCUT2D eigenvalue weighted by molar-refractivity contribution is 6.31. The molecule has 103 heavy (non-hydrogen) atoms. The molecule has 25 nitrogen and oxygen atoms in total. The van der Waals surface area contributed by atoms with Gasteiger partial charge in [-0.2, -0.15) is 0 Å². The number of carbonyl (C=O) groups is 6. The van der Waals surface area contributed by atoms with E-state index in [1.807, 2.05) is 41.5 Å². The number of benzene rings is 3. The third-order valence-electron chi connectivity index (χ3n) is 16.5. The Hall–Kier alpha value is -10.2. The third-order valence-corrected chi connectivity index (χ3v) is 17.2. The zero-order valence-corrected chi connectivity index (χ0v) is 61.3. The first-order valence-corrected chi connectivity index (χ1v) is 33.8. The molecule has 0 aliphatic heterocycles. The van der Waals surface area contributed by atoms with Gasteiger partial charge in [-0.05, 0) is 115 Å². The van der Waals surface area contributed by atoms with Crippen LogP contribution in [0.2, 0.25) is 15.1 Å². The second kappa shape index (κ2) is 35.2. The van der Waals surface area contributed by atoms with Gasteiger partial charge in [0.05, 0.1) is 5.69 Å². The monoisotopic (exact) mass is 1470 g/mol. The molecule has 3 aromatic carbocycles. The quantitative estimate of drug-likeness (QED) is 0.0289. The Kier molecular flexibility index (Phi) is 27.4. The molecule has 0 bridgehead atoms. The van der Waals surface area contributed by atoms with E-state index in [-0.39, 0.29) is 105 Å². The van der Waals surface area contributed by atoms with Crippen LogP contribution < -0.4 is 38.2 Å². The topological polar surface area (TPSA) is 334 Å². The van der Waals surface area contributed by atoms with E-state index >= 15 is 0 Å². The van der Waals surface area contributed by atoms with Gasteiger partial charge in [0.1, 0.15) is 53.3 Å². The van der Waals surface area contributed by atoms with Gasteiger partial charge < -0.3 is 51.0 Å². The fourth-order valence-electron chi connectivity index (χ4n) is 10.7. The number of aromatic nitrogens is 6. The molecule has 0 unspecified atom stereocenters. The number of hydrogen-bond donors (Lipinski definition) is 7. The van der Waals surface area contributed by atoms with Crippen molar-refractivity contribution in [2.75, 3.05) is 60.6 Å². The fraction of sp³-hybridized carbons (Fsp3) is 0.333. The first-order valence-electron chi connectivity index (χ1n) is 32.6. The van der Waals surface area contributed by atoms with Gasteiger partial charge in [0.25, 0.3) is 34.4 Å². The van der Waals surface area contributed by atoms with E-state index in [4.69, 9.17) is 34.8 Å². The first-order chi connectivity index (χ1) is 48.5. The Balaban J connectivity index is 0.000000216. The third kappa shape index (κ3) is 21.9. The maximum absolute atomic E-state index is 13.4. The van der Waals surface area contributed by atoms with Crippen LogP contribution in [0, 0.1) is 23.2 Å². The van der Waals surface area contributed by atoms with Crippen LogP contribution in [0.4, 0.5) is 0 Å². The van der Waals surface area contributed by atoms with E-state index in [1.54, 1.807) is 131 Å². The molecule has 0 aliphatic rings. The molecule has 6 heterocycles. The predicted molar refractivity (Wildman–Crippen MR) is 399 cm³/mol. The van der Waals surface area contributed by atoms with Crippen molar-refractivity contribution in [2.45, 2.75) is 87.7 Å². The van der Waals surface area contributed by atoms with Crippen LogP contribution in [0.5, 0.6) is 0 Å². The minimum Gasteiger partial charge on any atom is -0.396 e. The number of amides is 6. The maximum atomic E-state index is 13.4. The van der Waals surface area contributed by atoms with E-state index in [0.717, 1.165) is 21.3 Å². The highest BCUT2D eigenvalue weighted by Crippen LogP contribution is 2.22. The molecular weight excluding hydrogens is 1380 g/mol. The predicted octanol–water partition coefficient (Wildman–Crippen LogP) is 7.62. The molecule has 0 atom stereocenters. The SMILES string of the molecule is C=Cc1ccc2cc(C(=O)NCc3ccc(Cl)cc3)c(=O)n(CC(=O)N(C)CC(C)(C)CO)c2n1.CN(CC(C)(C)CO)C(=O)Cn1c(=O)c(C(=O)NCc2ccc(Cl)cc2)cc2ccc(=O)[nH]c21.Cc1ccc2cc(C(=O)NCc3ccc(Cl)cc3)c(=O)n(CC(=O)N(C)CC(C)(C)CO)c2n1. The largest absolute Gasteiger partial charge is 0.396 e. The van der Waals surface area contributed by atoms with Gasteiger partial charge in [0.2, 0.25) is 23.3 Å². The summed E-state index contributed by atoms with van der Waals surface area (Å²) in [5.74, 6) is -2.79. The highest BCUT2D eigenvalue weighted by Gasteiger charge is 2.28. The van der Waals surface area contributed by atoms with Crippen molar-refractivity contribution in [1.82, 2.24) is 59.3 Å². The van der Waals surface area contributed by atoms with Gasteiger partial charge in [-0.3, -0.25) is 61.6 Å². The number of likely N-dealkylation sites (N-methyl/N-ethyl adjacent to an activating group) is 3. The molecule has 0 saturated carbocycles. The molecule has 544 valence electrons. The molecule has 6 aromatic heterocycles. The van der Waals surface area contributed by atoms with Gasteiger partial charge in [0, 0.05) is 139 Å². The summed E-state index contributed by atoms with van der Waals surface area (Å²) in [6.07, 6.45) is 1.54. The van der Waals surface area contributed by atoms with Crippen LogP contribution in [0.15, 0.2) is 153 Å². The number of nitrogens with zero attached hydrogens (tertiary/aromatic N) is 8. The number of aliphatic hydroxyl groups is 3. The highest BCUT2D eigenvalue weighted by atomic mass is 35.5. The number of halogens is 3. The van der Waals surface area contributed by atoms with Crippen molar-refractivity contribution in [3.8, 4) is 0 Å². The van der Waals surface area contributed by atoms with Gasteiger partial charge >= 0.3 is 0 Å². The molecule has 0 aliphatic carbocycles. The molecule has 0 saturated heterocycles. The minimum atomic E-state index is -0.703. The number of rotatable bonds is 25. The summed E-state index contributed by atoms with van der Waals surface area (Å²) in [5, 5.41) is 40.0.